The van der Waals surface area contributed by atoms with Crippen molar-refractivity contribution in [1.82, 2.24) is 19.4 Å². The molecule has 2 aromatic carbocycles. The minimum absolute atomic E-state index is 0.00854. The number of aromatic nitrogens is 3. The molecule has 4 aromatic rings. The van der Waals surface area contributed by atoms with Gasteiger partial charge in [0.15, 0.2) is 0 Å². The third-order valence-electron chi connectivity index (χ3n) is 9.11. The highest BCUT2D eigenvalue weighted by Crippen LogP contribution is 2.30. The molecular weight excluding hydrogens is 689 g/mol. The van der Waals surface area contributed by atoms with Crippen LogP contribution in [0.4, 0.5) is 10.1 Å². The Morgan fingerprint density at radius 3 is 2.30 bits per heavy atom. The number of rotatable bonds is 12. The molecule has 2 aliphatic rings. The number of amides is 1. The fourth-order valence-electron chi connectivity index (χ4n) is 5.93. The SMILES string of the molecule is C1COC1.CC.Cn1c(CN2CCC(c3cccc(OCc4ccc(NC(=O)CC(C)(C)OCC(C)(C)C)cc4F)n3)CC2)nc2ccc(C(=O)O)cc21. The van der Waals surface area contributed by atoms with E-state index in [0.717, 1.165) is 61.7 Å². The van der Waals surface area contributed by atoms with Gasteiger partial charge < -0.3 is 29.2 Å². The number of carboxylic acids is 1. The summed E-state index contributed by atoms with van der Waals surface area (Å²) < 4.78 is 33.5. The van der Waals surface area contributed by atoms with Crippen molar-refractivity contribution in [3.05, 3.63) is 83.1 Å². The Bertz CT molecular complexity index is 1840. The number of ether oxygens (including phenoxy) is 3. The number of benzene rings is 2. The number of hydrogen-bond donors (Lipinski definition) is 2. The normalized spacial score (nSPS) is 15.0. The molecule has 54 heavy (non-hydrogen) atoms. The van der Waals surface area contributed by atoms with Crippen LogP contribution in [0.2, 0.25) is 0 Å². The van der Waals surface area contributed by atoms with Crippen LogP contribution in [-0.4, -0.2) is 74.9 Å². The first-order valence-electron chi connectivity index (χ1n) is 19.0. The summed E-state index contributed by atoms with van der Waals surface area (Å²) >= 11 is 0. The molecule has 0 spiro atoms. The van der Waals surface area contributed by atoms with E-state index in [9.17, 15) is 19.1 Å². The van der Waals surface area contributed by atoms with Gasteiger partial charge in [0.2, 0.25) is 11.8 Å². The van der Waals surface area contributed by atoms with Crippen molar-refractivity contribution in [2.75, 3.05) is 38.2 Å². The first-order chi connectivity index (χ1) is 25.7. The minimum atomic E-state index is -0.952. The van der Waals surface area contributed by atoms with Crippen LogP contribution in [-0.2, 0) is 34.5 Å². The number of aryl methyl sites for hydroxylation is 1. The summed E-state index contributed by atoms with van der Waals surface area (Å²) in [4.78, 5) is 35.9. The first kappa shape index (κ1) is 42.4. The molecule has 2 fully saturated rings. The Labute approximate surface area is 319 Å². The fraction of sp³-hybridized carbons (Fsp3) is 0.524. The summed E-state index contributed by atoms with van der Waals surface area (Å²) in [5.41, 5.74) is 2.87. The van der Waals surface area contributed by atoms with Gasteiger partial charge in [-0.2, -0.15) is 0 Å². The number of carboxylic acid groups (broad SMARTS) is 1. The average molecular weight is 748 g/mol. The maximum Gasteiger partial charge on any atom is 0.335 e. The number of nitrogens with one attached hydrogen (secondary N) is 1. The predicted octanol–water partition coefficient (Wildman–Crippen LogP) is 8.37. The van der Waals surface area contributed by atoms with E-state index in [0.29, 0.717) is 30.3 Å². The predicted molar refractivity (Wildman–Crippen MR) is 209 cm³/mol. The quantitative estimate of drug-likeness (QED) is 0.147. The van der Waals surface area contributed by atoms with Gasteiger partial charge in [-0.1, -0.05) is 46.8 Å². The van der Waals surface area contributed by atoms with Crippen LogP contribution in [0.15, 0.2) is 54.6 Å². The number of halogens is 1. The second kappa shape index (κ2) is 19.3. The van der Waals surface area contributed by atoms with Crippen molar-refractivity contribution in [3.8, 4) is 5.88 Å². The van der Waals surface area contributed by atoms with Gasteiger partial charge in [-0.05, 0) is 88.0 Å². The summed E-state index contributed by atoms with van der Waals surface area (Å²) in [7, 11) is 1.92. The smallest absolute Gasteiger partial charge is 0.335 e. The van der Waals surface area contributed by atoms with E-state index >= 15 is 0 Å². The largest absolute Gasteiger partial charge is 0.478 e. The van der Waals surface area contributed by atoms with Crippen molar-refractivity contribution in [3.63, 3.8) is 0 Å². The number of likely N-dealkylation sites (tertiary alicyclic amines) is 1. The van der Waals surface area contributed by atoms with E-state index in [4.69, 9.17) is 24.2 Å². The number of hydrogen-bond acceptors (Lipinski definition) is 8. The fourth-order valence-corrected chi connectivity index (χ4v) is 5.93. The van der Waals surface area contributed by atoms with Crippen LogP contribution < -0.4 is 10.1 Å². The van der Waals surface area contributed by atoms with E-state index in [1.165, 1.54) is 12.5 Å². The Hall–Kier alpha value is -4.39. The lowest BCUT2D eigenvalue weighted by Crippen LogP contribution is -2.33. The van der Waals surface area contributed by atoms with E-state index in [1.54, 1.807) is 36.4 Å². The minimum Gasteiger partial charge on any atom is -0.478 e. The molecule has 4 heterocycles. The van der Waals surface area contributed by atoms with E-state index in [-0.39, 0.29) is 35.8 Å². The number of carbonyl (C=O) groups excluding carboxylic acids is 1. The third-order valence-corrected chi connectivity index (χ3v) is 9.11. The molecule has 12 heteroatoms. The van der Waals surface area contributed by atoms with Crippen LogP contribution >= 0.6 is 0 Å². The van der Waals surface area contributed by atoms with Crippen LogP contribution in [0.1, 0.15) is 108 Å². The number of imidazole rings is 1. The van der Waals surface area contributed by atoms with Crippen molar-refractivity contribution >= 4 is 28.6 Å². The van der Waals surface area contributed by atoms with Gasteiger partial charge in [-0.25, -0.2) is 19.2 Å². The zero-order valence-electron chi connectivity index (χ0n) is 33.2. The molecule has 0 saturated carbocycles. The highest BCUT2D eigenvalue weighted by Gasteiger charge is 2.26. The molecule has 2 N–H and O–H groups in total. The van der Waals surface area contributed by atoms with Gasteiger partial charge in [0.1, 0.15) is 18.2 Å². The number of anilines is 1. The molecule has 2 aliphatic heterocycles. The zero-order valence-corrected chi connectivity index (χ0v) is 33.2. The number of fused-ring (bicyclic) bond motifs is 1. The molecule has 294 valence electrons. The summed E-state index contributed by atoms with van der Waals surface area (Å²) in [5, 5.41) is 12.1. The number of aromatic carboxylic acids is 1. The molecule has 6 rings (SSSR count). The summed E-state index contributed by atoms with van der Waals surface area (Å²) in [6.45, 7) is 18.9. The van der Waals surface area contributed by atoms with Crippen LogP contribution in [0, 0.1) is 11.2 Å². The van der Waals surface area contributed by atoms with Gasteiger partial charge in [-0.3, -0.25) is 9.69 Å². The summed E-state index contributed by atoms with van der Waals surface area (Å²) in [6, 6.07) is 15.3. The number of piperidine rings is 1. The van der Waals surface area contributed by atoms with Gasteiger partial charge >= 0.3 is 5.97 Å². The number of carbonyl (C=O) groups is 2. The zero-order chi connectivity index (χ0) is 39.5. The molecular formula is C42H58FN5O6. The molecule has 2 saturated heterocycles. The summed E-state index contributed by atoms with van der Waals surface area (Å²) in [5.74, 6) is -0.0666. The average Bonchev–Trinajstić information content (AvgIpc) is 3.41. The highest BCUT2D eigenvalue weighted by molar-refractivity contribution is 5.92. The van der Waals surface area contributed by atoms with Gasteiger partial charge in [0, 0.05) is 49.2 Å². The van der Waals surface area contributed by atoms with E-state index in [2.05, 4.69) is 31.0 Å². The van der Waals surface area contributed by atoms with Crippen molar-refractivity contribution in [2.45, 2.75) is 98.8 Å². The Kier molecular flexibility index (Phi) is 15.1. The monoisotopic (exact) mass is 747 g/mol. The van der Waals surface area contributed by atoms with E-state index in [1.807, 2.05) is 51.4 Å². The molecule has 11 nitrogen and oxygen atoms in total. The third kappa shape index (κ3) is 12.6. The first-order valence-corrected chi connectivity index (χ1v) is 19.0. The second-order valence-electron chi connectivity index (χ2n) is 15.4. The van der Waals surface area contributed by atoms with Gasteiger partial charge in [-0.15, -0.1) is 0 Å². The lowest BCUT2D eigenvalue weighted by molar-refractivity contribution is -0.124. The Morgan fingerprint density at radius 2 is 1.69 bits per heavy atom. The molecule has 0 bridgehead atoms. The maximum absolute atomic E-state index is 15.0. The molecule has 2 aromatic heterocycles. The van der Waals surface area contributed by atoms with E-state index < -0.39 is 17.4 Å². The number of nitrogens with zero attached hydrogens (tertiary/aromatic N) is 4. The van der Waals surface area contributed by atoms with Crippen LogP contribution in [0.5, 0.6) is 5.88 Å². The Morgan fingerprint density at radius 1 is 1.00 bits per heavy atom. The van der Waals surface area contributed by atoms with Gasteiger partial charge in [0.05, 0.1) is 41.8 Å². The van der Waals surface area contributed by atoms with Crippen LogP contribution in [0.3, 0.4) is 0 Å². The molecule has 0 aliphatic carbocycles. The summed E-state index contributed by atoms with van der Waals surface area (Å²) in [6.07, 6.45) is 3.27. The lowest BCUT2D eigenvalue weighted by atomic mass is 9.93. The van der Waals surface area contributed by atoms with Crippen molar-refractivity contribution in [2.24, 2.45) is 12.5 Å². The topological polar surface area (TPSA) is 128 Å². The van der Waals surface area contributed by atoms with Crippen molar-refractivity contribution < 1.29 is 33.3 Å². The molecule has 0 radical (unpaired) electrons. The lowest BCUT2D eigenvalue weighted by Gasteiger charge is -2.31. The molecule has 0 atom stereocenters. The second-order valence-corrected chi connectivity index (χ2v) is 15.4. The molecule has 1 amide bonds. The molecule has 0 unspecified atom stereocenters. The maximum atomic E-state index is 15.0. The standard InChI is InChI=1S/C37H46FN5O5.C3H6O.C2H6/c1-36(2,3)23-48-37(4,5)20-33(44)39-27-12-10-26(28(38)19-27)22-47-34-9-7-8-29(41-34)24-14-16-43(17-15-24)21-32-40-30-13-11-25(35(45)46)18-31(30)42(32)6;1-2-4-3-1;1-2/h7-13,18-19,24H,14-17,20-23H2,1-6H3,(H,39,44)(H,45,46);1-3H2;1-2H3. The van der Waals surface area contributed by atoms with Gasteiger partial charge in [0.25, 0.3) is 0 Å². The highest BCUT2D eigenvalue weighted by atomic mass is 19.1. The van der Waals surface area contributed by atoms with Crippen molar-refractivity contribution in [1.29, 1.82) is 0 Å². The van der Waals surface area contributed by atoms with Crippen LogP contribution in [0.25, 0.3) is 11.0 Å². The number of pyridine rings is 1. The Balaban J connectivity index is 0.000000999.